The number of carboxylic acid groups (broad SMARTS) is 1. The first kappa shape index (κ1) is 15.2. The van der Waals surface area contributed by atoms with Gasteiger partial charge in [-0.2, -0.15) is 0 Å². The maximum Gasteiger partial charge on any atom is 0.411 e. The average molecular weight is 306 g/mol. The molecule has 1 amide bonds. The first-order valence-corrected chi connectivity index (χ1v) is 6.07. The molecule has 1 N–H and O–H groups in total. The quantitative estimate of drug-likeness (QED) is 0.687. The Morgan fingerprint density at radius 1 is 1.32 bits per heavy atom. The van der Waals surface area contributed by atoms with Gasteiger partial charge in [0.1, 0.15) is 11.4 Å². The maximum atomic E-state index is 13.5. The van der Waals surface area contributed by atoms with Crippen LogP contribution < -0.4 is 9.64 Å². The van der Waals surface area contributed by atoms with Gasteiger partial charge in [-0.15, -0.1) is 0 Å². The predicted molar refractivity (Wildman–Crippen MR) is 76.0 cm³/mol. The number of nitro benzene ring substituents is 1. The number of carbonyl (C=O) groups is 1. The van der Waals surface area contributed by atoms with Crippen LogP contribution in [0.25, 0.3) is 0 Å². The molecule has 0 fully saturated rings. The molecule has 8 heteroatoms. The van der Waals surface area contributed by atoms with Crippen LogP contribution in [-0.2, 0) is 0 Å². The van der Waals surface area contributed by atoms with Gasteiger partial charge in [-0.1, -0.05) is 12.1 Å². The molecule has 0 aliphatic rings. The lowest BCUT2D eigenvalue weighted by Crippen LogP contribution is -2.24. The standard InChI is InChI=1S/C14H11FN2O5/c1-16(14(18)19)12-8-9(6-7-11(12)17(20)21)22-13-5-3-2-4-10(13)15/h2-8H,1H3,(H,18,19). The lowest BCUT2D eigenvalue weighted by Gasteiger charge is -2.15. The van der Waals surface area contributed by atoms with Crippen LogP contribution in [0.3, 0.4) is 0 Å². The summed E-state index contributed by atoms with van der Waals surface area (Å²) in [5, 5.41) is 19.9. The van der Waals surface area contributed by atoms with Crippen molar-refractivity contribution >= 4 is 17.5 Å². The molecule has 7 nitrogen and oxygen atoms in total. The van der Waals surface area contributed by atoms with Crippen LogP contribution in [0.2, 0.25) is 0 Å². The Labute approximate surface area is 124 Å². The topological polar surface area (TPSA) is 92.9 Å². The van der Waals surface area contributed by atoms with E-state index in [0.717, 1.165) is 13.1 Å². The second kappa shape index (κ2) is 6.08. The van der Waals surface area contributed by atoms with Gasteiger partial charge < -0.3 is 9.84 Å². The second-order valence-corrected chi connectivity index (χ2v) is 4.28. The van der Waals surface area contributed by atoms with Crippen LogP contribution in [0.15, 0.2) is 42.5 Å². The van der Waals surface area contributed by atoms with Crippen LogP contribution in [-0.4, -0.2) is 23.2 Å². The zero-order valence-corrected chi connectivity index (χ0v) is 11.4. The Bertz CT molecular complexity index is 735. The van der Waals surface area contributed by atoms with Crippen molar-refractivity contribution in [2.45, 2.75) is 0 Å². The number of para-hydroxylation sites is 1. The Kier molecular flexibility index (Phi) is 4.21. The highest BCUT2D eigenvalue weighted by Crippen LogP contribution is 2.34. The van der Waals surface area contributed by atoms with Crippen molar-refractivity contribution in [3.8, 4) is 11.5 Å². The van der Waals surface area contributed by atoms with Gasteiger partial charge in [-0.05, 0) is 18.2 Å². The molecular formula is C14H11FN2O5. The van der Waals surface area contributed by atoms with E-state index in [1.54, 1.807) is 6.07 Å². The monoisotopic (exact) mass is 306 g/mol. The molecule has 0 saturated heterocycles. The lowest BCUT2D eigenvalue weighted by atomic mass is 10.2. The molecule has 0 spiro atoms. The van der Waals surface area contributed by atoms with Gasteiger partial charge in [0.25, 0.3) is 5.69 Å². The van der Waals surface area contributed by atoms with Gasteiger partial charge in [-0.25, -0.2) is 9.18 Å². The summed E-state index contributed by atoms with van der Waals surface area (Å²) in [4.78, 5) is 21.9. The molecule has 0 aliphatic heterocycles. The Morgan fingerprint density at radius 2 is 2.00 bits per heavy atom. The number of halogens is 1. The van der Waals surface area contributed by atoms with E-state index < -0.39 is 22.5 Å². The number of amides is 1. The molecule has 0 aliphatic carbocycles. The van der Waals surface area contributed by atoms with Gasteiger partial charge >= 0.3 is 6.09 Å². The molecule has 22 heavy (non-hydrogen) atoms. The van der Waals surface area contributed by atoms with Crippen molar-refractivity contribution in [2.24, 2.45) is 0 Å². The van der Waals surface area contributed by atoms with Crippen molar-refractivity contribution in [1.82, 2.24) is 0 Å². The van der Waals surface area contributed by atoms with Crippen molar-refractivity contribution < 1.29 is 24.0 Å². The SMILES string of the molecule is CN(C(=O)O)c1cc(Oc2ccccc2F)ccc1[N+](=O)[O-]. The van der Waals surface area contributed by atoms with E-state index in [0.29, 0.717) is 4.90 Å². The summed E-state index contributed by atoms with van der Waals surface area (Å²) in [6, 6.07) is 9.17. The highest BCUT2D eigenvalue weighted by Gasteiger charge is 2.22. The summed E-state index contributed by atoms with van der Waals surface area (Å²) < 4.78 is 18.8. The maximum absolute atomic E-state index is 13.5. The molecule has 0 unspecified atom stereocenters. The fourth-order valence-electron chi connectivity index (χ4n) is 1.75. The highest BCUT2D eigenvalue weighted by atomic mass is 19.1. The van der Waals surface area contributed by atoms with E-state index >= 15 is 0 Å². The van der Waals surface area contributed by atoms with E-state index in [1.165, 1.54) is 30.3 Å². The van der Waals surface area contributed by atoms with E-state index in [2.05, 4.69) is 0 Å². The van der Waals surface area contributed by atoms with Gasteiger partial charge in [-0.3, -0.25) is 15.0 Å². The van der Waals surface area contributed by atoms with E-state index in [4.69, 9.17) is 9.84 Å². The fourth-order valence-corrected chi connectivity index (χ4v) is 1.75. The zero-order chi connectivity index (χ0) is 16.3. The summed E-state index contributed by atoms with van der Waals surface area (Å²) in [7, 11) is 1.16. The molecule has 0 radical (unpaired) electrons. The molecule has 2 aromatic carbocycles. The van der Waals surface area contributed by atoms with E-state index in [-0.39, 0.29) is 17.2 Å². The largest absolute Gasteiger partial charge is 0.465 e. The smallest absolute Gasteiger partial charge is 0.411 e. The number of rotatable bonds is 4. The first-order chi connectivity index (χ1) is 10.4. The second-order valence-electron chi connectivity index (χ2n) is 4.28. The minimum absolute atomic E-state index is 0.0692. The molecule has 0 bridgehead atoms. The zero-order valence-electron chi connectivity index (χ0n) is 11.4. The molecule has 0 atom stereocenters. The van der Waals surface area contributed by atoms with E-state index in [1.807, 2.05) is 0 Å². The Balaban J connectivity index is 2.43. The van der Waals surface area contributed by atoms with Crippen molar-refractivity contribution in [3.05, 3.63) is 58.4 Å². The summed E-state index contributed by atoms with van der Waals surface area (Å²) in [5.74, 6) is -0.590. The molecule has 0 aromatic heterocycles. The van der Waals surface area contributed by atoms with Crippen LogP contribution in [0, 0.1) is 15.9 Å². The molecule has 2 rings (SSSR count). The normalized spacial score (nSPS) is 10.1. The summed E-state index contributed by atoms with van der Waals surface area (Å²) in [6.07, 6.45) is -1.37. The fraction of sp³-hybridized carbons (Fsp3) is 0.0714. The number of benzene rings is 2. The third-order valence-corrected chi connectivity index (χ3v) is 2.86. The first-order valence-electron chi connectivity index (χ1n) is 6.07. The van der Waals surface area contributed by atoms with Gasteiger partial charge in [0, 0.05) is 19.2 Å². The predicted octanol–water partition coefficient (Wildman–Crippen LogP) is 3.64. The van der Waals surface area contributed by atoms with Crippen LogP contribution >= 0.6 is 0 Å². The van der Waals surface area contributed by atoms with Crippen LogP contribution in [0.1, 0.15) is 0 Å². The van der Waals surface area contributed by atoms with Gasteiger partial charge in [0.05, 0.1) is 4.92 Å². The minimum atomic E-state index is -1.37. The number of hydrogen-bond acceptors (Lipinski definition) is 4. The number of hydrogen-bond donors (Lipinski definition) is 1. The van der Waals surface area contributed by atoms with E-state index in [9.17, 15) is 19.3 Å². The third-order valence-electron chi connectivity index (χ3n) is 2.86. The molecule has 2 aromatic rings. The average Bonchev–Trinajstić information content (AvgIpc) is 2.48. The van der Waals surface area contributed by atoms with Gasteiger partial charge in [0.15, 0.2) is 11.6 Å². The molecule has 0 saturated carbocycles. The number of nitrogens with zero attached hydrogens (tertiary/aromatic N) is 2. The molecular weight excluding hydrogens is 295 g/mol. The molecule has 0 heterocycles. The number of nitro groups is 1. The summed E-state index contributed by atoms with van der Waals surface area (Å²) in [6.45, 7) is 0. The third kappa shape index (κ3) is 3.11. The number of ether oxygens (including phenoxy) is 1. The molecule has 114 valence electrons. The van der Waals surface area contributed by atoms with Crippen molar-refractivity contribution in [2.75, 3.05) is 11.9 Å². The highest BCUT2D eigenvalue weighted by molar-refractivity contribution is 5.89. The van der Waals surface area contributed by atoms with Gasteiger partial charge in [0.2, 0.25) is 0 Å². The number of anilines is 1. The van der Waals surface area contributed by atoms with Crippen molar-refractivity contribution in [3.63, 3.8) is 0 Å². The van der Waals surface area contributed by atoms with Crippen LogP contribution in [0.4, 0.5) is 20.6 Å². The Hall–Kier alpha value is -3.16. The summed E-state index contributed by atoms with van der Waals surface area (Å²) in [5.41, 5.74) is -0.572. The summed E-state index contributed by atoms with van der Waals surface area (Å²) >= 11 is 0. The lowest BCUT2D eigenvalue weighted by molar-refractivity contribution is -0.384. The Morgan fingerprint density at radius 3 is 2.59 bits per heavy atom. The van der Waals surface area contributed by atoms with Crippen molar-refractivity contribution in [1.29, 1.82) is 0 Å². The van der Waals surface area contributed by atoms with Crippen LogP contribution in [0.5, 0.6) is 11.5 Å². The minimum Gasteiger partial charge on any atom is -0.465 e.